The van der Waals surface area contributed by atoms with Gasteiger partial charge in [-0.15, -0.1) is 0 Å². The Morgan fingerprint density at radius 3 is 2.50 bits per heavy atom. The third-order valence-corrected chi connectivity index (χ3v) is 5.63. The first-order valence-electron chi connectivity index (χ1n) is 10.9. The van der Waals surface area contributed by atoms with Gasteiger partial charge in [0.25, 0.3) is 11.5 Å². The van der Waals surface area contributed by atoms with E-state index in [1.54, 1.807) is 49.0 Å². The summed E-state index contributed by atoms with van der Waals surface area (Å²) in [5, 5.41) is 3.24. The molecule has 8 nitrogen and oxygen atoms in total. The van der Waals surface area contributed by atoms with E-state index < -0.39 is 18.0 Å². The third-order valence-electron chi connectivity index (χ3n) is 5.40. The number of ether oxygens (including phenoxy) is 2. The molecule has 3 aromatic rings. The molecule has 1 aromatic heterocycles. The number of halogens is 1. The summed E-state index contributed by atoms with van der Waals surface area (Å²) in [5.41, 5.74) is 1.94. The number of aromatic nitrogens is 2. The summed E-state index contributed by atoms with van der Waals surface area (Å²) in [4.78, 5) is 37.7. The second-order valence-corrected chi connectivity index (χ2v) is 8.36. The van der Waals surface area contributed by atoms with Gasteiger partial charge in [-0.1, -0.05) is 29.8 Å². The van der Waals surface area contributed by atoms with Crippen molar-refractivity contribution in [2.45, 2.75) is 39.7 Å². The lowest BCUT2D eigenvalue weighted by Crippen LogP contribution is -2.32. The monoisotopic (exact) mass is 485 g/mol. The van der Waals surface area contributed by atoms with Gasteiger partial charge in [-0.25, -0.2) is 4.68 Å². The van der Waals surface area contributed by atoms with Gasteiger partial charge in [0, 0.05) is 18.5 Å². The highest BCUT2D eigenvalue weighted by molar-refractivity contribution is 6.30. The van der Waals surface area contributed by atoms with Crippen LogP contribution in [0.25, 0.3) is 5.69 Å². The van der Waals surface area contributed by atoms with Gasteiger partial charge in [0.05, 0.1) is 18.0 Å². The van der Waals surface area contributed by atoms with Crippen LogP contribution in [0.2, 0.25) is 5.02 Å². The fourth-order valence-electron chi connectivity index (χ4n) is 3.42. The molecular weight excluding hydrogens is 458 g/mol. The molecule has 0 saturated carbocycles. The van der Waals surface area contributed by atoms with Crippen molar-refractivity contribution >= 4 is 29.2 Å². The van der Waals surface area contributed by atoms with Crippen molar-refractivity contribution in [2.75, 3.05) is 11.9 Å². The predicted molar refractivity (Wildman–Crippen MR) is 131 cm³/mol. The van der Waals surface area contributed by atoms with E-state index in [1.165, 1.54) is 11.6 Å². The summed E-state index contributed by atoms with van der Waals surface area (Å²) in [5.74, 6) is -0.400. The molecule has 9 heteroatoms. The number of amides is 1. The maximum absolute atomic E-state index is 12.9. The number of aryl methyl sites for hydroxylation is 1. The van der Waals surface area contributed by atoms with E-state index in [0.29, 0.717) is 35.2 Å². The highest BCUT2D eigenvalue weighted by Gasteiger charge is 2.23. The average molecular weight is 486 g/mol. The lowest BCUT2D eigenvalue weighted by Gasteiger charge is -2.13. The molecule has 0 bridgehead atoms. The van der Waals surface area contributed by atoms with Crippen molar-refractivity contribution < 1.29 is 19.1 Å². The number of carbonyl (C=O) groups excluding carboxylic acids is 2. The molecule has 0 aliphatic heterocycles. The number of esters is 1. The Hall–Kier alpha value is -3.52. The smallest absolute Gasteiger partial charge is 0.306 e. The van der Waals surface area contributed by atoms with Crippen LogP contribution >= 0.6 is 11.6 Å². The van der Waals surface area contributed by atoms with E-state index in [-0.39, 0.29) is 17.7 Å². The summed E-state index contributed by atoms with van der Waals surface area (Å²) in [7, 11) is 1.73. The summed E-state index contributed by atoms with van der Waals surface area (Å²) in [6, 6.07) is 14.4. The lowest BCUT2D eigenvalue weighted by atomic mass is 10.2. The van der Waals surface area contributed by atoms with Gasteiger partial charge >= 0.3 is 5.97 Å². The van der Waals surface area contributed by atoms with E-state index in [0.717, 1.165) is 5.56 Å². The van der Waals surface area contributed by atoms with Gasteiger partial charge < -0.3 is 14.8 Å². The number of anilines is 1. The zero-order valence-electron chi connectivity index (χ0n) is 19.6. The third kappa shape index (κ3) is 5.88. The predicted octanol–water partition coefficient (Wildman–Crippen LogP) is 4.18. The maximum Gasteiger partial charge on any atom is 0.306 e. The molecule has 3 rings (SSSR count). The van der Waals surface area contributed by atoms with E-state index in [4.69, 9.17) is 21.1 Å². The zero-order valence-corrected chi connectivity index (χ0v) is 20.4. The minimum atomic E-state index is -1.06. The molecule has 1 atom stereocenters. The van der Waals surface area contributed by atoms with E-state index in [9.17, 15) is 14.4 Å². The molecule has 1 N–H and O–H groups in total. The van der Waals surface area contributed by atoms with Gasteiger partial charge in [-0.05, 0) is 63.1 Å². The number of carbonyl (C=O) groups is 2. The molecule has 0 aliphatic rings. The number of hydrogen-bond acceptors (Lipinski definition) is 5. The number of hydrogen-bond donors (Lipinski definition) is 1. The first kappa shape index (κ1) is 25.1. The number of nitrogens with one attached hydrogen (secondary N) is 1. The molecule has 0 radical (unpaired) electrons. The molecule has 0 saturated heterocycles. The number of rotatable bonds is 9. The Bertz CT molecular complexity index is 1230. The Morgan fingerprint density at radius 1 is 1.12 bits per heavy atom. The van der Waals surface area contributed by atoms with Crippen molar-refractivity contribution in [1.82, 2.24) is 9.36 Å². The summed E-state index contributed by atoms with van der Waals surface area (Å²) in [6.45, 7) is 5.41. The molecule has 1 heterocycles. The van der Waals surface area contributed by atoms with Gasteiger partial charge in [-0.3, -0.25) is 19.1 Å². The summed E-state index contributed by atoms with van der Waals surface area (Å²) >= 11 is 5.93. The molecule has 34 heavy (non-hydrogen) atoms. The molecule has 1 unspecified atom stereocenters. The first-order valence-corrected chi connectivity index (χ1v) is 11.3. The topological polar surface area (TPSA) is 91.6 Å². The van der Waals surface area contributed by atoms with Gasteiger partial charge in [-0.2, -0.15) is 0 Å². The second kappa shape index (κ2) is 11.1. The van der Waals surface area contributed by atoms with Crippen LogP contribution in [-0.2, 0) is 21.4 Å². The fourth-order valence-corrected chi connectivity index (χ4v) is 3.65. The van der Waals surface area contributed by atoms with E-state index in [1.807, 2.05) is 25.1 Å². The van der Waals surface area contributed by atoms with Gasteiger partial charge in [0.1, 0.15) is 11.4 Å². The molecule has 1 amide bonds. The van der Waals surface area contributed by atoms with Crippen LogP contribution in [0, 0.1) is 13.8 Å². The van der Waals surface area contributed by atoms with Crippen molar-refractivity contribution in [3.8, 4) is 11.4 Å². The van der Waals surface area contributed by atoms with Crippen molar-refractivity contribution in [3.05, 3.63) is 75.2 Å². The van der Waals surface area contributed by atoms with Gasteiger partial charge in [0.2, 0.25) is 0 Å². The SMILES string of the molecule is Cc1cc(Cl)ccc1OCCCC(=O)OC(C)C(=O)Nc1c(C)n(C)n(-c2ccccc2)c1=O. The highest BCUT2D eigenvalue weighted by atomic mass is 35.5. The van der Waals surface area contributed by atoms with Crippen molar-refractivity contribution in [2.24, 2.45) is 7.05 Å². The van der Waals surface area contributed by atoms with Crippen LogP contribution in [0.1, 0.15) is 31.0 Å². The Labute approximate surface area is 203 Å². The normalized spacial score (nSPS) is 11.7. The van der Waals surface area contributed by atoms with Crippen LogP contribution in [-0.4, -0.2) is 34.0 Å². The fraction of sp³-hybridized carbons (Fsp3) is 0.320. The minimum Gasteiger partial charge on any atom is -0.493 e. The minimum absolute atomic E-state index is 0.0927. The largest absolute Gasteiger partial charge is 0.493 e. The molecule has 0 spiro atoms. The van der Waals surface area contributed by atoms with Crippen LogP contribution in [0.3, 0.4) is 0 Å². The number of para-hydroxylation sites is 1. The van der Waals surface area contributed by atoms with Gasteiger partial charge in [0.15, 0.2) is 6.10 Å². The van der Waals surface area contributed by atoms with Crippen molar-refractivity contribution in [3.63, 3.8) is 0 Å². The van der Waals surface area contributed by atoms with Crippen molar-refractivity contribution in [1.29, 1.82) is 0 Å². The highest BCUT2D eigenvalue weighted by Crippen LogP contribution is 2.22. The van der Waals surface area contributed by atoms with Crippen LogP contribution in [0.15, 0.2) is 53.3 Å². The Balaban J connectivity index is 1.53. The zero-order chi connectivity index (χ0) is 24.8. The summed E-state index contributed by atoms with van der Waals surface area (Å²) < 4.78 is 14.0. The van der Waals surface area contributed by atoms with E-state index in [2.05, 4.69) is 5.32 Å². The summed E-state index contributed by atoms with van der Waals surface area (Å²) in [6.07, 6.45) is -0.541. The Morgan fingerprint density at radius 2 is 1.82 bits per heavy atom. The van der Waals surface area contributed by atoms with Crippen LogP contribution in [0.4, 0.5) is 5.69 Å². The maximum atomic E-state index is 12.9. The Kier molecular flexibility index (Phi) is 8.17. The van der Waals surface area contributed by atoms with Crippen LogP contribution in [0.5, 0.6) is 5.75 Å². The van der Waals surface area contributed by atoms with E-state index >= 15 is 0 Å². The second-order valence-electron chi connectivity index (χ2n) is 7.92. The molecule has 180 valence electrons. The molecule has 0 aliphatic carbocycles. The standard InChI is InChI=1S/C25H28ClN3O5/c1-16-15-19(26)12-13-21(16)33-14-8-11-22(30)34-18(3)24(31)27-23-17(2)28(4)29(25(23)32)20-9-6-5-7-10-20/h5-7,9-10,12-13,15,18H,8,11,14H2,1-4H3,(H,27,31). The molecule has 2 aromatic carbocycles. The first-order chi connectivity index (χ1) is 16.2. The average Bonchev–Trinajstić information content (AvgIpc) is 3.01. The lowest BCUT2D eigenvalue weighted by molar-refractivity contribution is -0.153. The quantitative estimate of drug-likeness (QED) is 0.362. The molecular formula is C25H28ClN3O5. The molecule has 0 fully saturated rings. The number of nitrogens with zero attached hydrogens (tertiary/aromatic N) is 2. The van der Waals surface area contributed by atoms with Crippen LogP contribution < -0.4 is 15.6 Å². The number of benzene rings is 2.